The predicted molar refractivity (Wildman–Crippen MR) is 151 cm³/mol. The van der Waals surface area contributed by atoms with E-state index in [0.29, 0.717) is 16.6 Å². The van der Waals surface area contributed by atoms with Crippen LogP contribution in [0.5, 0.6) is 0 Å². The monoisotopic (exact) mass is 630 g/mol. The molecule has 2 amide bonds. The quantitative estimate of drug-likeness (QED) is 0.231. The van der Waals surface area contributed by atoms with Gasteiger partial charge in [0, 0.05) is 13.1 Å². The number of amides is 2. The molecule has 3 aromatic rings. The highest BCUT2D eigenvalue weighted by molar-refractivity contribution is 7.89. The van der Waals surface area contributed by atoms with Crippen molar-refractivity contribution in [2.75, 3.05) is 26.2 Å². The van der Waals surface area contributed by atoms with Crippen LogP contribution in [0.1, 0.15) is 25.8 Å². The third kappa shape index (κ3) is 9.37. The number of nitrogens with zero attached hydrogens (tertiary/aromatic N) is 2. The molecule has 1 aromatic heterocycles. The summed E-state index contributed by atoms with van der Waals surface area (Å²) < 4.78 is 71.3. The van der Waals surface area contributed by atoms with Gasteiger partial charge in [0.25, 0.3) is 0 Å². The van der Waals surface area contributed by atoms with E-state index in [1.165, 1.54) is 27.8 Å². The molecule has 3 N–H and O–H groups in total. The van der Waals surface area contributed by atoms with E-state index in [1.54, 1.807) is 47.2 Å². The number of nitrogens with one attached hydrogen (secondary N) is 2. The van der Waals surface area contributed by atoms with Crippen LogP contribution in [0.4, 0.5) is 18.0 Å². The van der Waals surface area contributed by atoms with E-state index >= 15 is 0 Å². The molecule has 0 bridgehead atoms. The molecule has 1 heterocycles. The smallest absolute Gasteiger partial charge is 0.448 e. The molecular formula is C27H33F3N4O6S2. The van der Waals surface area contributed by atoms with Gasteiger partial charge in [-0.2, -0.15) is 17.5 Å². The lowest BCUT2D eigenvalue weighted by molar-refractivity contribution is -0.173. The number of hydrogen-bond acceptors (Lipinski definition) is 8. The van der Waals surface area contributed by atoms with Crippen molar-refractivity contribution in [1.82, 2.24) is 19.9 Å². The third-order valence-corrected chi connectivity index (χ3v) is 9.11. The number of aliphatic hydroxyl groups is 1. The zero-order chi connectivity index (χ0) is 30.9. The topological polar surface area (TPSA) is 138 Å². The van der Waals surface area contributed by atoms with Gasteiger partial charge in [0.05, 0.1) is 39.3 Å². The number of alkyl carbamates (subject to hydrolysis) is 1. The highest BCUT2D eigenvalue weighted by Gasteiger charge is 2.38. The molecule has 0 saturated carbocycles. The van der Waals surface area contributed by atoms with E-state index in [0.717, 1.165) is 5.56 Å². The molecule has 0 radical (unpaired) electrons. The normalized spacial score (nSPS) is 14.4. The standard InChI is InChI=1S/C27H33F3N4O6S2/c1-3-18(2)15-34(42(38,39)20-9-10-21-24(14-20)41-17-32-21)16-23(35)22(13-19-7-5-4-6-8-19)33-26(37)40-12-11-31-25(36)27(28,29)30/h4-10,14,17-18,22-23,35H,3,11-13,15-16H2,1-2H3,(H,31,36)(H,33,37)/t18-,22-,23+/m0/s1. The molecule has 0 spiro atoms. The van der Waals surface area contributed by atoms with Crippen LogP contribution in [-0.2, 0) is 26.0 Å². The number of aliphatic hydroxyl groups excluding tert-OH is 1. The summed E-state index contributed by atoms with van der Waals surface area (Å²) in [6.07, 6.45) is -6.73. The van der Waals surface area contributed by atoms with Crippen LogP contribution in [0.2, 0.25) is 0 Å². The molecule has 0 aliphatic carbocycles. The Balaban J connectivity index is 1.77. The van der Waals surface area contributed by atoms with Crippen LogP contribution in [0, 0.1) is 5.92 Å². The van der Waals surface area contributed by atoms with Gasteiger partial charge in [0.2, 0.25) is 10.0 Å². The van der Waals surface area contributed by atoms with Gasteiger partial charge in [0.15, 0.2) is 0 Å². The molecule has 0 saturated heterocycles. The second-order valence-electron chi connectivity index (χ2n) is 9.71. The highest BCUT2D eigenvalue weighted by Crippen LogP contribution is 2.25. The van der Waals surface area contributed by atoms with Gasteiger partial charge in [-0.1, -0.05) is 50.6 Å². The minimum absolute atomic E-state index is 0.0441. The molecule has 0 fully saturated rings. The van der Waals surface area contributed by atoms with E-state index in [2.05, 4.69) is 10.3 Å². The van der Waals surface area contributed by atoms with Gasteiger partial charge in [-0.15, -0.1) is 11.3 Å². The highest BCUT2D eigenvalue weighted by atomic mass is 32.2. The molecule has 3 atom stereocenters. The first-order valence-corrected chi connectivity index (χ1v) is 15.5. The number of rotatable bonds is 14. The first-order valence-electron chi connectivity index (χ1n) is 13.1. The molecule has 15 heteroatoms. The molecule has 0 aliphatic rings. The predicted octanol–water partition coefficient (Wildman–Crippen LogP) is 3.71. The lowest BCUT2D eigenvalue weighted by Crippen LogP contribution is -2.51. The fourth-order valence-corrected chi connectivity index (χ4v) is 6.38. The number of ether oxygens (including phenoxy) is 1. The zero-order valence-corrected chi connectivity index (χ0v) is 24.6. The van der Waals surface area contributed by atoms with Crippen molar-refractivity contribution in [3.8, 4) is 0 Å². The summed E-state index contributed by atoms with van der Waals surface area (Å²) in [5, 5.41) is 15.4. The summed E-state index contributed by atoms with van der Waals surface area (Å²) in [4.78, 5) is 27.7. The van der Waals surface area contributed by atoms with Gasteiger partial charge in [-0.3, -0.25) is 4.79 Å². The Morgan fingerprint density at radius 2 is 1.86 bits per heavy atom. The Bertz CT molecular complexity index is 1440. The molecule has 3 rings (SSSR count). The fourth-order valence-electron chi connectivity index (χ4n) is 3.98. The van der Waals surface area contributed by atoms with Gasteiger partial charge < -0.3 is 20.5 Å². The fraction of sp³-hybridized carbons (Fsp3) is 0.444. The SMILES string of the molecule is CC[C@H](C)CN(C[C@@H](O)[C@H](Cc1ccccc1)NC(=O)OCCNC(=O)C(F)(F)F)S(=O)(=O)c1ccc2ncsc2c1. The van der Waals surface area contributed by atoms with Gasteiger partial charge in [-0.05, 0) is 36.1 Å². The number of benzene rings is 2. The van der Waals surface area contributed by atoms with E-state index in [1.807, 2.05) is 13.8 Å². The molecule has 0 unspecified atom stereocenters. The van der Waals surface area contributed by atoms with E-state index in [-0.39, 0.29) is 30.3 Å². The summed E-state index contributed by atoms with van der Waals surface area (Å²) >= 11 is 1.30. The number of hydrogen-bond donors (Lipinski definition) is 3. The van der Waals surface area contributed by atoms with Crippen LogP contribution in [0.15, 0.2) is 58.9 Å². The van der Waals surface area contributed by atoms with Crippen molar-refractivity contribution in [3.05, 3.63) is 59.6 Å². The van der Waals surface area contributed by atoms with Gasteiger partial charge >= 0.3 is 18.2 Å². The lowest BCUT2D eigenvalue weighted by Gasteiger charge is -2.31. The average molecular weight is 631 g/mol. The number of alkyl halides is 3. The van der Waals surface area contributed by atoms with Crippen LogP contribution in [-0.4, -0.2) is 79.4 Å². The first-order chi connectivity index (χ1) is 19.8. The van der Waals surface area contributed by atoms with Gasteiger partial charge in [-0.25, -0.2) is 18.2 Å². The summed E-state index contributed by atoms with van der Waals surface area (Å²) in [6, 6.07) is 12.4. The van der Waals surface area contributed by atoms with Gasteiger partial charge in [0.1, 0.15) is 6.61 Å². The largest absolute Gasteiger partial charge is 0.471 e. The molecule has 230 valence electrons. The number of halogens is 3. The maximum Gasteiger partial charge on any atom is 0.471 e. The Labute approximate surface area is 245 Å². The zero-order valence-electron chi connectivity index (χ0n) is 23.0. The number of aromatic nitrogens is 1. The Morgan fingerprint density at radius 3 is 2.52 bits per heavy atom. The van der Waals surface area contributed by atoms with Crippen molar-refractivity contribution < 1.29 is 41.0 Å². The minimum atomic E-state index is -5.07. The van der Waals surface area contributed by atoms with Crippen molar-refractivity contribution >= 4 is 43.6 Å². The molecule has 0 aliphatic heterocycles. The minimum Gasteiger partial charge on any atom is -0.448 e. The van der Waals surface area contributed by atoms with E-state index in [9.17, 15) is 36.3 Å². The van der Waals surface area contributed by atoms with Crippen LogP contribution in [0.25, 0.3) is 10.2 Å². The van der Waals surface area contributed by atoms with Crippen LogP contribution >= 0.6 is 11.3 Å². The summed E-state index contributed by atoms with van der Waals surface area (Å²) in [6.45, 7) is 2.42. The van der Waals surface area contributed by atoms with E-state index < -0.39 is 53.5 Å². The van der Waals surface area contributed by atoms with E-state index in [4.69, 9.17) is 4.74 Å². The number of sulfonamides is 1. The van der Waals surface area contributed by atoms with Crippen LogP contribution < -0.4 is 10.6 Å². The van der Waals surface area contributed by atoms with Crippen molar-refractivity contribution in [2.45, 2.75) is 49.9 Å². The summed E-state index contributed by atoms with van der Waals surface area (Å²) in [7, 11) is -4.07. The molecule has 42 heavy (non-hydrogen) atoms. The lowest BCUT2D eigenvalue weighted by atomic mass is 10.0. The Morgan fingerprint density at radius 1 is 1.14 bits per heavy atom. The second kappa shape index (κ2) is 14.8. The third-order valence-electron chi connectivity index (χ3n) is 6.49. The maximum absolute atomic E-state index is 13.8. The number of fused-ring (bicyclic) bond motifs is 1. The van der Waals surface area contributed by atoms with Crippen molar-refractivity contribution in [1.29, 1.82) is 0 Å². The summed E-state index contributed by atoms with van der Waals surface area (Å²) in [5.74, 6) is -2.21. The molecule has 2 aromatic carbocycles. The number of thiazole rings is 1. The number of carbonyl (C=O) groups excluding carboxylic acids is 2. The maximum atomic E-state index is 13.8. The second-order valence-corrected chi connectivity index (χ2v) is 12.5. The van der Waals surface area contributed by atoms with Crippen molar-refractivity contribution in [2.24, 2.45) is 5.92 Å². The Kier molecular flexibility index (Phi) is 11.7. The average Bonchev–Trinajstić information content (AvgIpc) is 3.42. The number of carbonyl (C=O) groups is 2. The molecule has 10 nitrogen and oxygen atoms in total. The van der Waals surface area contributed by atoms with Crippen molar-refractivity contribution in [3.63, 3.8) is 0 Å². The Hall–Kier alpha value is -3.27. The summed E-state index contributed by atoms with van der Waals surface area (Å²) in [5.41, 5.74) is 3.01. The molecular weight excluding hydrogens is 597 g/mol. The van der Waals surface area contributed by atoms with Crippen LogP contribution in [0.3, 0.4) is 0 Å². The first kappa shape index (κ1) is 33.2.